The van der Waals surface area contributed by atoms with Crippen LogP contribution in [-0.4, -0.2) is 34.8 Å². The Bertz CT molecular complexity index is 575. The number of alkyl carbamates (subject to hydrolysis) is 1. The van der Waals surface area contributed by atoms with Crippen molar-refractivity contribution in [2.45, 2.75) is 45.4 Å². The molecule has 23 heavy (non-hydrogen) atoms. The van der Waals surface area contributed by atoms with E-state index < -0.39 is 36.1 Å². The van der Waals surface area contributed by atoms with Gasteiger partial charge in [0.1, 0.15) is 18.2 Å². The number of aliphatic carboxylic acids is 1. The third kappa shape index (κ3) is 7.85. The summed E-state index contributed by atoms with van der Waals surface area (Å²) in [5, 5.41) is 11.1. The molecule has 0 heterocycles. The molecule has 0 fully saturated rings. The minimum atomic E-state index is -1.37. The van der Waals surface area contributed by atoms with Crippen LogP contribution in [0.3, 0.4) is 0 Å². The van der Waals surface area contributed by atoms with E-state index in [1.807, 2.05) is 6.07 Å². The lowest BCUT2D eigenvalue weighted by molar-refractivity contribution is -0.151. The maximum absolute atomic E-state index is 12.0. The highest BCUT2D eigenvalue weighted by Crippen LogP contribution is 2.08. The van der Waals surface area contributed by atoms with Crippen LogP contribution in [0.4, 0.5) is 4.79 Å². The van der Waals surface area contributed by atoms with E-state index in [9.17, 15) is 14.4 Å². The first kappa shape index (κ1) is 16.8. The van der Waals surface area contributed by atoms with Crippen LogP contribution in [0.2, 0.25) is 0 Å². The van der Waals surface area contributed by atoms with E-state index in [1.165, 1.54) is 13.8 Å². The summed E-state index contributed by atoms with van der Waals surface area (Å²) >= 11 is 0. The number of hydrogen-bond donors (Lipinski definition) is 2. The maximum Gasteiger partial charge on any atom is 0.408 e. The normalized spacial score (nSPS) is 12.7. The zero-order valence-electron chi connectivity index (χ0n) is 14.1. The zero-order valence-corrected chi connectivity index (χ0v) is 13.1. The average molecular weight is 324 g/mol. The van der Waals surface area contributed by atoms with Crippen molar-refractivity contribution in [3.05, 3.63) is 35.9 Å². The average Bonchev–Trinajstić information content (AvgIpc) is 2.52. The molecule has 0 aliphatic carbocycles. The third-order valence-electron chi connectivity index (χ3n) is 2.55. The monoisotopic (exact) mass is 324 g/mol. The number of carboxylic acid groups (broad SMARTS) is 1. The Morgan fingerprint density at radius 1 is 1.30 bits per heavy atom. The lowest BCUT2D eigenvalue weighted by Crippen LogP contribution is -2.45. The number of hydrogen-bond acceptors (Lipinski definition) is 5. The minimum Gasteiger partial charge on any atom is -0.481 e. The number of amides is 1. The molecule has 2 N–H and O–H groups in total. The number of carbonyl (C=O) groups excluding carboxylic acids is 2. The van der Waals surface area contributed by atoms with Gasteiger partial charge in [0.05, 0.1) is 6.42 Å². The summed E-state index contributed by atoms with van der Waals surface area (Å²) < 4.78 is 17.3. The van der Waals surface area contributed by atoms with E-state index in [0.29, 0.717) is 0 Å². The molecule has 0 aromatic heterocycles. The molecule has 0 aliphatic rings. The SMILES string of the molecule is [2H]CC(C)(C)OC(=O)N[C@@H](CC(=O)O)C(=O)OCc1ccccc1. The van der Waals surface area contributed by atoms with Gasteiger partial charge in [-0.15, -0.1) is 0 Å². The topological polar surface area (TPSA) is 102 Å². The zero-order chi connectivity index (χ0) is 18.2. The van der Waals surface area contributed by atoms with Gasteiger partial charge in [0, 0.05) is 1.37 Å². The summed E-state index contributed by atoms with van der Waals surface area (Å²) in [5.74, 6) is -2.14. The van der Waals surface area contributed by atoms with Crippen molar-refractivity contribution < 1.29 is 30.3 Å². The van der Waals surface area contributed by atoms with Gasteiger partial charge in [0.25, 0.3) is 0 Å². The van der Waals surface area contributed by atoms with Gasteiger partial charge in [-0.25, -0.2) is 9.59 Å². The summed E-state index contributed by atoms with van der Waals surface area (Å²) in [4.78, 5) is 34.7. The second-order valence-electron chi connectivity index (χ2n) is 5.54. The van der Waals surface area contributed by atoms with Crippen molar-refractivity contribution in [1.29, 1.82) is 0 Å². The van der Waals surface area contributed by atoms with E-state index in [-0.39, 0.29) is 13.5 Å². The Morgan fingerprint density at radius 2 is 1.96 bits per heavy atom. The fourth-order valence-electron chi connectivity index (χ4n) is 1.62. The molecular formula is C16H21NO6. The number of benzene rings is 1. The minimum absolute atomic E-state index is 0.0370. The third-order valence-corrected chi connectivity index (χ3v) is 2.55. The molecule has 0 unspecified atom stereocenters. The van der Waals surface area contributed by atoms with Gasteiger partial charge >= 0.3 is 18.0 Å². The molecule has 0 aliphatic heterocycles. The fraction of sp³-hybridized carbons (Fsp3) is 0.438. The van der Waals surface area contributed by atoms with Crippen molar-refractivity contribution in [3.8, 4) is 0 Å². The Kier molecular flexibility index (Phi) is 5.96. The molecule has 7 nitrogen and oxygen atoms in total. The number of ether oxygens (including phenoxy) is 2. The summed E-state index contributed by atoms with van der Waals surface area (Å²) in [6.45, 7) is 2.84. The van der Waals surface area contributed by atoms with Crippen LogP contribution in [0.25, 0.3) is 0 Å². The molecule has 1 aromatic carbocycles. The van der Waals surface area contributed by atoms with Crippen molar-refractivity contribution in [3.63, 3.8) is 0 Å². The van der Waals surface area contributed by atoms with Crippen LogP contribution in [0.15, 0.2) is 30.3 Å². The Balaban J connectivity index is 2.64. The number of carbonyl (C=O) groups is 3. The molecule has 126 valence electrons. The van der Waals surface area contributed by atoms with Gasteiger partial charge < -0.3 is 19.9 Å². The second kappa shape index (κ2) is 8.17. The van der Waals surface area contributed by atoms with E-state index in [4.69, 9.17) is 16.0 Å². The molecule has 1 rings (SSSR count). The highest BCUT2D eigenvalue weighted by molar-refractivity contribution is 5.85. The van der Waals surface area contributed by atoms with Crippen molar-refractivity contribution in [2.24, 2.45) is 0 Å². The summed E-state index contributed by atoms with van der Waals surface area (Å²) in [5.41, 5.74) is -0.316. The highest BCUT2D eigenvalue weighted by Gasteiger charge is 2.27. The predicted molar refractivity (Wildman–Crippen MR) is 81.6 cm³/mol. The van der Waals surface area contributed by atoms with Crippen LogP contribution in [0.1, 0.15) is 34.1 Å². The quantitative estimate of drug-likeness (QED) is 0.777. The van der Waals surface area contributed by atoms with Gasteiger partial charge in [-0.05, 0) is 26.3 Å². The number of esters is 1. The van der Waals surface area contributed by atoms with Gasteiger partial charge in [-0.1, -0.05) is 30.3 Å². The Morgan fingerprint density at radius 3 is 2.52 bits per heavy atom. The summed E-state index contributed by atoms with van der Waals surface area (Å²) in [6, 6.07) is 7.48. The molecule has 0 bridgehead atoms. The first-order valence-electron chi connectivity index (χ1n) is 7.65. The van der Waals surface area contributed by atoms with Crippen molar-refractivity contribution >= 4 is 18.0 Å². The van der Waals surface area contributed by atoms with E-state index in [2.05, 4.69) is 5.32 Å². The van der Waals surface area contributed by atoms with Crippen LogP contribution in [0.5, 0.6) is 0 Å². The highest BCUT2D eigenvalue weighted by atomic mass is 16.6. The summed E-state index contributed by atoms with van der Waals surface area (Å²) in [6.07, 6.45) is -1.61. The van der Waals surface area contributed by atoms with Crippen LogP contribution >= 0.6 is 0 Å². The number of rotatable bonds is 6. The van der Waals surface area contributed by atoms with Gasteiger partial charge in [0.15, 0.2) is 0 Å². The lowest BCUT2D eigenvalue weighted by atomic mass is 10.2. The van der Waals surface area contributed by atoms with E-state index >= 15 is 0 Å². The van der Waals surface area contributed by atoms with Crippen molar-refractivity contribution in [1.82, 2.24) is 5.32 Å². The molecule has 0 saturated carbocycles. The van der Waals surface area contributed by atoms with E-state index in [1.54, 1.807) is 24.3 Å². The van der Waals surface area contributed by atoms with Crippen molar-refractivity contribution in [2.75, 3.05) is 0 Å². The molecule has 0 radical (unpaired) electrons. The smallest absolute Gasteiger partial charge is 0.408 e. The number of carboxylic acids is 1. The molecule has 0 saturated heterocycles. The molecule has 1 amide bonds. The lowest BCUT2D eigenvalue weighted by Gasteiger charge is -2.22. The van der Waals surface area contributed by atoms with Gasteiger partial charge in [-0.2, -0.15) is 0 Å². The number of nitrogens with one attached hydrogen (secondary N) is 1. The standard InChI is InChI=1S/C16H21NO6/c1-16(2,3)23-15(21)17-12(9-13(18)19)14(20)22-10-11-7-5-4-6-8-11/h4-8,12H,9-10H2,1-3H3,(H,17,21)(H,18,19)/t12-/m0/s1/i1D. The second-order valence-corrected chi connectivity index (χ2v) is 5.54. The first-order chi connectivity index (χ1) is 11.2. The van der Waals surface area contributed by atoms with E-state index in [0.717, 1.165) is 5.56 Å². The predicted octanol–water partition coefficient (Wildman–Crippen LogP) is 2.10. The molecule has 0 spiro atoms. The largest absolute Gasteiger partial charge is 0.481 e. The Labute approximate surface area is 136 Å². The Hall–Kier alpha value is -2.57. The molecule has 7 heteroatoms. The van der Waals surface area contributed by atoms with Gasteiger partial charge in [-0.3, -0.25) is 4.79 Å². The maximum atomic E-state index is 12.0. The molecule has 1 atom stereocenters. The van der Waals surface area contributed by atoms with Crippen LogP contribution in [0, 0.1) is 0 Å². The van der Waals surface area contributed by atoms with Gasteiger partial charge in [0.2, 0.25) is 0 Å². The van der Waals surface area contributed by atoms with Crippen LogP contribution in [-0.2, 0) is 25.7 Å². The molecular weight excluding hydrogens is 302 g/mol. The molecule has 1 aromatic rings. The first-order valence-corrected chi connectivity index (χ1v) is 6.94. The fourth-order valence-corrected chi connectivity index (χ4v) is 1.62. The summed E-state index contributed by atoms with van der Waals surface area (Å²) in [7, 11) is 0. The van der Waals surface area contributed by atoms with Crippen LogP contribution < -0.4 is 5.32 Å².